The largest absolute Gasteiger partial charge is 0.435 e. The van der Waals surface area contributed by atoms with Crippen LogP contribution in [0.25, 0.3) is 0 Å². The Morgan fingerprint density at radius 3 is 2.22 bits per heavy atom. The van der Waals surface area contributed by atoms with E-state index in [1.807, 2.05) is 0 Å². The van der Waals surface area contributed by atoms with Crippen LogP contribution in [0.2, 0.25) is 10.0 Å². The average Bonchev–Trinajstić information content (AvgIpc) is 3.42. The third-order valence-electron chi connectivity index (χ3n) is 5.94. The smallest absolute Gasteiger partial charge is 0.374 e. The Hall–Kier alpha value is -3.46. The molecule has 0 bridgehead atoms. The van der Waals surface area contributed by atoms with Gasteiger partial charge in [-0.3, -0.25) is 10.1 Å². The normalized spacial score (nSPS) is 17.8. The second kappa shape index (κ2) is 10.4. The van der Waals surface area contributed by atoms with E-state index in [1.165, 1.54) is 31.2 Å². The molecular formula is C24H17Cl2F8N5O2. The molecule has 41 heavy (non-hydrogen) atoms. The van der Waals surface area contributed by atoms with Gasteiger partial charge in [-0.2, -0.15) is 40.1 Å². The molecule has 1 atom stereocenters. The molecule has 2 heterocycles. The molecule has 7 nitrogen and oxygen atoms in total. The zero-order valence-electron chi connectivity index (χ0n) is 20.8. The Morgan fingerprint density at radius 2 is 1.68 bits per heavy atom. The number of carbonyl (C=O) groups excluding carboxylic acids is 1. The minimum absolute atomic E-state index is 0.0492. The minimum atomic E-state index is -4.93. The van der Waals surface area contributed by atoms with Crippen molar-refractivity contribution in [2.24, 2.45) is 5.16 Å². The van der Waals surface area contributed by atoms with Crippen LogP contribution in [0, 0.1) is 6.92 Å². The summed E-state index contributed by atoms with van der Waals surface area (Å²) < 4.78 is 109. The molecule has 0 radical (unpaired) electrons. The third kappa shape index (κ3) is 6.40. The molecule has 3 aromatic rings. The highest BCUT2D eigenvalue weighted by atomic mass is 35.5. The number of rotatable bonds is 6. The predicted molar refractivity (Wildman–Crippen MR) is 131 cm³/mol. The van der Waals surface area contributed by atoms with Crippen molar-refractivity contribution in [3.8, 4) is 0 Å². The SMILES string of the molecule is Cc1cc(C2=NOC(c3cc(Cl)cc(Cl)c3)(C(F)(F)F)C2)ccc1C(=O)Nc1nc(C(C)(F)F)n(CC(F)(F)F)n1. The second-order valence-corrected chi connectivity index (χ2v) is 10.1. The lowest BCUT2D eigenvalue weighted by atomic mass is 9.86. The number of hydrogen-bond donors (Lipinski definition) is 1. The van der Waals surface area contributed by atoms with Crippen LogP contribution in [0.3, 0.4) is 0 Å². The maximum absolute atomic E-state index is 14.2. The molecule has 1 unspecified atom stereocenters. The summed E-state index contributed by atoms with van der Waals surface area (Å²) in [6.07, 6.45) is -10.6. The lowest BCUT2D eigenvalue weighted by Crippen LogP contribution is -2.42. The van der Waals surface area contributed by atoms with E-state index in [-0.39, 0.29) is 42.7 Å². The van der Waals surface area contributed by atoms with Gasteiger partial charge in [0.15, 0.2) is 5.82 Å². The number of amides is 1. The topological polar surface area (TPSA) is 81.4 Å². The first-order valence-electron chi connectivity index (χ1n) is 11.4. The van der Waals surface area contributed by atoms with E-state index in [1.54, 1.807) is 0 Å². The molecule has 1 N–H and O–H groups in total. The first kappa shape index (κ1) is 30.5. The average molecular weight is 630 g/mol. The second-order valence-electron chi connectivity index (χ2n) is 9.19. The van der Waals surface area contributed by atoms with Crippen LogP contribution in [-0.4, -0.2) is 38.7 Å². The summed E-state index contributed by atoms with van der Waals surface area (Å²) in [5.41, 5.74) is -3.10. The maximum atomic E-state index is 14.2. The van der Waals surface area contributed by atoms with Crippen molar-refractivity contribution in [2.75, 3.05) is 5.32 Å². The molecule has 0 aliphatic carbocycles. The number of nitrogens with zero attached hydrogens (tertiary/aromatic N) is 4. The molecule has 0 spiro atoms. The Bertz CT molecular complexity index is 1510. The van der Waals surface area contributed by atoms with E-state index in [0.29, 0.717) is 6.92 Å². The van der Waals surface area contributed by atoms with Gasteiger partial charge in [0.05, 0.1) is 5.71 Å². The fraction of sp³-hybridized carbons (Fsp3) is 0.333. The number of aromatic nitrogens is 3. The molecule has 0 saturated heterocycles. The van der Waals surface area contributed by atoms with Gasteiger partial charge in [0.1, 0.15) is 6.54 Å². The molecule has 220 valence electrons. The van der Waals surface area contributed by atoms with Crippen molar-refractivity contribution >= 4 is 40.8 Å². The van der Waals surface area contributed by atoms with Crippen LogP contribution in [0.1, 0.15) is 46.2 Å². The molecule has 2 aromatic carbocycles. The van der Waals surface area contributed by atoms with Gasteiger partial charge in [-0.1, -0.05) is 34.4 Å². The number of oxime groups is 1. The Kier molecular flexibility index (Phi) is 7.75. The van der Waals surface area contributed by atoms with E-state index < -0.39 is 54.5 Å². The third-order valence-corrected chi connectivity index (χ3v) is 6.37. The first-order chi connectivity index (χ1) is 18.8. The van der Waals surface area contributed by atoms with Gasteiger partial charge in [0.25, 0.3) is 11.5 Å². The van der Waals surface area contributed by atoms with Crippen molar-refractivity contribution in [2.45, 2.75) is 50.7 Å². The van der Waals surface area contributed by atoms with E-state index >= 15 is 0 Å². The van der Waals surface area contributed by atoms with Crippen molar-refractivity contribution < 1.29 is 44.8 Å². The van der Waals surface area contributed by atoms with E-state index in [2.05, 4.69) is 20.6 Å². The fourth-order valence-electron chi connectivity index (χ4n) is 4.11. The van der Waals surface area contributed by atoms with Crippen LogP contribution in [-0.2, 0) is 22.9 Å². The van der Waals surface area contributed by atoms with Crippen molar-refractivity contribution in [3.05, 3.63) is 74.5 Å². The number of nitrogens with one attached hydrogen (secondary N) is 1. The zero-order valence-corrected chi connectivity index (χ0v) is 22.3. The van der Waals surface area contributed by atoms with Gasteiger partial charge in [0.2, 0.25) is 5.95 Å². The molecule has 0 fully saturated rings. The summed E-state index contributed by atoms with van der Waals surface area (Å²) in [6.45, 7) is -0.126. The zero-order chi connectivity index (χ0) is 30.5. The number of aryl methyl sites for hydroxylation is 1. The van der Waals surface area contributed by atoms with E-state index in [4.69, 9.17) is 28.0 Å². The Morgan fingerprint density at radius 1 is 1.05 bits per heavy atom. The van der Waals surface area contributed by atoms with Crippen molar-refractivity contribution in [3.63, 3.8) is 0 Å². The van der Waals surface area contributed by atoms with Crippen LogP contribution < -0.4 is 5.32 Å². The van der Waals surface area contributed by atoms with Gasteiger partial charge in [-0.25, -0.2) is 4.68 Å². The minimum Gasteiger partial charge on any atom is -0.374 e. The summed E-state index contributed by atoms with van der Waals surface area (Å²) in [5, 5.41) is 8.93. The number of hydrogen-bond acceptors (Lipinski definition) is 5. The van der Waals surface area contributed by atoms with Crippen LogP contribution in [0.5, 0.6) is 0 Å². The number of anilines is 1. The molecule has 4 rings (SSSR count). The Balaban J connectivity index is 1.58. The summed E-state index contributed by atoms with van der Waals surface area (Å²) in [7, 11) is 0. The van der Waals surface area contributed by atoms with Crippen LogP contribution in [0.15, 0.2) is 41.6 Å². The lowest BCUT2D eigenvalue weighted by Gasteiger charge is -2.29. The van der Waals surface area contributed by atoms with E-state index in [0.717, 1.165) is 12.1 Å². The fourth-order valence-corrected chi connectivity index (χ4v) is 4.64. The van der Waals surface area contributed by atoms with Crippen LogP contribution in [0.4, 0.5) is 41.1 Å². The number of carbonyl (C=O) groups is 1. The Labute approximate surface area is 236 Å². The molecule has 1 aliphatic rings. The monoisotopic (exact) mass is 629 g/mol. The maximum Gasteiger partial charge on any atom is 0.435 e. The quantitative estimate of drug-likeness (QED) is 0.288. The predicted octanol–water partition coefficient (Wildman–Crippen LogP) is 7.40. The van der Waals surface area contributed by atoms with Gasteiger partial charge in [0, 0.05) is 34.5 Å². The van der Waals surface area contributed by atoms with Crippen LogP contribution >= 0.6 is 23.2 Å². The summed E-state index contributed by atoms with van der Waals surface area (Å²) >= 11 is 11.8. The number of halogens is 10. The molecule has 17 heteroatoms. The number of alkyl halides is 8. The highest BCUT2D eigenvalue weighted by Crippen LogP contribution is 2.49. The first-order valence-corrected chi connectivity index (χ1v) is 12.2. The van der Waals surface area contributed by atoms with Gasteiger partial charge in [-0.15, -0.1) is 5.10 Å². The molecule has 1 aliphatic heterocycles. The van der Waals surface area contributed by atoms with Gasteiger partial charge >= 0.3 is 18.3 Å². The summed E-state index contributed by atoms with van der Waals surface area (Å²) in [5.74, 6) is -6.88. The highest BCUT2D eigenvalue weighted by Gasteiger charge is 2.62. The van der Waals surface area contributed by atoms with E-state index in [9.17, 15) is 39.9 Å². The lowest BCUT2D eigenvalue weighted by molar-refractivity contribution is -0.275. The summed E-state index contributed by atoms with van der Waals surface area (Å²) in [4.78, 5) is 21.0. The van der Waals surface area contributed by atoms with Crippen molar-refractivity contribution in [1.82, 2.24) is 14.8 Å². The highest BCUT2D eigenvalue weighted by molar-refractivity contribution is 6.34. The van der Waals surface area contributed by atoms with Gasteiger partial charge in [-0.05, 0) is 48.4 Å². The van der Waals surface area contributed by atoms with Crippen molar-refractivity contribution in [1.29, 1.82) is 0 Å². The number of benzene rings is 2. The molecule has 1 amide bonds. The molecule has 1 aromatic heterocycles. The molecule has 0 saturated carbocycles. The molecular weight excluding hydrogens is 613 g/mol. The standard InChI is InChI=1S/C24H17Cl2F8N5O2/c1-11-5-12(17-9-22(41-38-17,24(32,33)34)13-6-14(25)8-15(26)7-13)3-4-16(11)18(40)35-20-36-19(21(2,27)28)39(37-20)10-23(29,30)31/h3-8H,9-10H2,1-2H3,(H,35,37,40). The van der Waals surface area contributed by atoms with Gasteiger partial charge < -0.3 is 4.84 Å². The summed E-state index contributed by atoms with van der Waals surface area (Å²) in [6, 6.07) is 7.17.